The van der Waals surface area contributed by atoms with E-state index in [1.807, 2.05) is 0 Å². The lowest BCUT2D eigenvalue weighted by Crippen LogP contribution is -2.16. The zero-order valence-corrected chi connectivity index (χ0v) is 15.3. The largest absolute Gasteiger partial charge is 0.480 e. The van der Waals surface area contributed by atoms with E-state index in [9.17, 15) is 9.59 Å². The number of halogens is 2. The van der Waals surface area contributed by atoms with Crippen LogP contribution in [0.1, 0.15) is 18.9 Å². The summed E-state index contributed by atoms with van der Waals surface area (Å²) in [5, 5.41) is 12.1. The van der Waals surface area contributed by atoms with E-state index in [4.69, 9.17) is 14.7 Å². The number of amides is 1. The Morgan fingerprint density at radius 3 is 2.61 bits per heavy atom. The van der Waals surface area contributed by atoms with Gasteiger partial charge in [-0.15, -0.1) is 0 Å². The lowest BCUT2D eigenvalue weighted by atomic mass is 10.2. The van der Waals surface area contributed by atoms with E-state index in [0.29, 0.717) is 20.3 Å². The van der Waals surface area contributed by atoms with Gasteiger partial charge in [-0.2, -0.15) is 10.4 Å². The molecule has 0 radical (unpaired) electrons. The second kappa shape index (κ2) is 9.97. The standard InChI is InChI=1S/C14H13Br2N3O4/c1-2-22-13(21)8-23-14-10(15)5-9(6-11(14)16)7-18-19-12(20)3-4-17/h5-7H,2-3,8H2,1H3,(H,19,20)/b18-7+. The van der Waals surface area contributed by atoms with Gasteiger partial charge in [0.05, 0.1) is 27.8 Å². The Labute approximate surface area is 149 Å². The highest BCUT2D eigenvalue weighted by Crippen LogP contribution is 2.34. The number of hydrogen-bond donors (Lipinski definition) is 1. The average Bonchev–Trinajstić information content (AvgIpc) is 2.47. The number of hydrazone groups is 1. The summed E-state index contributed by atoms with van der Waals surface area (Å²) < 4.78 is 11.4. The second-order valence-electron chi connectivity index (χ2n) is 4.04. The highest BCUT2D eigenvalue weighted by atomic mass is 79.9. The van der Waals surface area contributed by atoms with Crippen LogP contribution >= 0.6 is 31.9 Å². The van der Waals surface area contributed by atoms with Crippen LogP contribution < -0.4 is 10.2 Å². The summed E-state index contributed by atoms with van der Waals surface area (Å²) in [5.74, 6) is -0.503. The summed E-state index contributed by atoms with van der Waals surface area (Å²) in [7, 11) is 0. The molecule has 0 heterocycles. The van der Waals surface area contributed by atoms with Gasteiger partial charge in [-0.3, -0.25) is 4.79 Å². The first-order valence-corrected chi connectivity index (χ1v) is 8.02. The molecular formula is C14H13Br2N3O4. The summed E-state index contributed by atoms with van der Waals surface area (Å²) >= 11 is 6.67. The van der Waals surface area contributed by atoms with Gasteiger partial charge in [0.15, 0.2) is 6.61 Å². The zero-order chi connectivity index (χ0) is 17.2. The molecule has 0 unspecified atom stereocenters. The van der Waals surface area contributed by atoms with Crippen molar-refractivity contribution in [1.29, 1.82) is 5.26 Å². The van der Waals surface area contributed by atoms with Crippen molar-refractivity contribution in [2.75, 3.05) is 13.2 Å². The van der Waals surface area contributed by atoms with E-state index >= 15 is 0 Å². The van der Waals surface area contributed by atoms with Crippen LogP contribution in [0.4, 0.5) is 0 Å². The van der Waals surface area contributed by atoms with Gasteiger partial charge in [0.1, 0.15) is 12.2 Å². The minimum Gasteiger partial charge on any atom is -0.480 e. The van der Waals surface area contributed by atoms with Crippen LogP contribution in [0.2, 0.25) is 0 Å². The van der Waals surface area contributed by atoms with Gasteiger partial charge >= 0.3 is 5.97 Å². The molecule has 0 saturated carbocycles. The summed E-state index contributed by atoms with van der Waals surface area (Å²) in [6.45, 7) is 1.80. The third-order valence-electron chi connectivity index (χ3n) is 2.30. The predicted octanol–water partition coefficient (Wildman–Crippen LogP) is 2.52. The molecule has 23 heavy (non-hydrogen) atoms. The summed E-state index contributed by atoms with van der Waals surface area (Å²) in [6.07, 6.45) is 1.16. The topological polar surface area (TPSA) is 101 Å². The van der Waals surface area contributed by atoms with E-state index in [0.717, 1.165) is 0 Å². The first-order chi connectivity index (χ1) is 11.0. The zero-order valence-electron chi connectivity index (χ0n) is 12.1. The van der Waals surface area contributed by atoms with Crippen molar-refractivity contribution in [3.05, 3.63) is 26.6 Å². The molecule has 1 amide bonds. The van der Waals surface area contributed by atoms with Crippen molar-refractivity contribution in [2.24, 2.45) is 5.10 Å². The van der Waals surface area contributed by atoms with Crippen molar-refractivity contribution in [2.45, 2.75) is 13.3 Å². The lowest BCUT2D eigenvalue weighted by Gasteiger charge is -2.10. The van der Waals surface area contributed by atoms with Gasteiger partial charge in [-0.05, 0) is 56.5 Å². The Balaban J connectivity index is 2.73. The van der Waals surface area contributed by atoms with E-state index in [2.05, 4.69) is 42.4 Å². The quantitative estimate of drug-likeness (QED) is 0.394. The summed E-state index contributed by atoms with van der Waals surface area (Å²) in [5.41, 5.74) is 2.90. The number of ether oxygens (including phenoxy) is 2. The van der Waals surface area contributed by atoms with Crippen LogP contribution in [0.15, 0.2) is 26.2 Å². The molecule has 0 saturated heterocycles. The number of hydrogen-bond acceptors (Lipinski definition) is 6. The molecule has 1 N–H and O–H groups in total. The fraction of sp³-hybridized carbons (Fsp3) is 0.286. The summed E-state index contributed by atoms with van der Waals surface area (Å²) in [4.78, 5) is 22.4. The highest BCUT2D eigenvalue weighted by Gasteiger charge is 2.11. The number of nitriles is 1. The SMILES string of the molecule is CCOC(=O)COc1c(Br)cc(/C=N/NC(=O)CC#N)cc1Br. The van der Waals surface area contributed by atoms with E-state index in [1.165, 1.54) is 6.21 Å². The van der Waals surface area contributed by atoms with Crippen molar-refractivity contribution in [3.8, 4) is 11.8 Å². The van der Waals surface area contributed by atoms with Crippen LogP contribution in [-0.2, 0) is 14.3 Å². The van der Waals surface area contributed by atoms with Crippen molar-refractivity contribution in [1.82, 2.24) is 5.43 Å². The van der Waals surface area contributed by atoms with Crippen LogP contribution in [-0.4, -0.2) is 31.3 Å². The molecule has 1 aromatic rings. The average molecular weight is 447 g/mol. The smallest absolute Gasteiger partial charge is 0.344 e. The molecule has 1 aromatic carbocycles. The number of esters is 1. The molecule has 0 aromatic heterocycles. The first-order valence-electron chi connectivity index (χ1n) is 6.44. The van der Waals surface area contributed by atoms with E-state index < -0.39 is 11.9 Å². The highest BCUT2D eigenvalue weighted by molar-refractivity contribution is 9.11. The van der Waals surface area contributed by atoms with E-state index in [-0.39, 0.29) is 19.6 Å². The normalized spacial score (nSPS) is 10.2. The van der Waals surface area contributed by atoms with E-state index in [1.54, 1.807) is 25.1 Å². The van der Waals surface area contributed by atoms with Crippen LogP contribution in [0, 0.1) is 11.3 Å². The third-order valence-corrected chi connectivity index (χ3v) is 3.48. The van der Waals surface area contributed by atoms with Gasteiger partial charge in [-0.25, -0.2) is 10.2 Å². The maximum atomic E-state index is 11.3. The minimum atomic E-state index is -0.490. The van der Waals surface area contributed by atoms with Gasteiger partial charge in [-0.1, -0.05) is 0 Å². The molecule has 1 rings (SSSR count). The number of rotatable bonds is 7. The second-order valence-corrected chi connectivity index (χ2v) is 5.74. The van der Waals surface area contributed by atoms with Crippen LogP contribution in [0.5, 0.6) is 5.75 Å². The molecular weight excluding hydrogens is 434 g/mol. The number of benzene rings is 1. The number of nitrogens with zero attached hydrogens (tertiary/aromatic N) is 2. The Morgan fingerprint density at radius 2 is 2.04 bits per heavy atom. The maximum Gasteiger partial charge on any atom is 0.344 e. The van der Waals surface area contributed by atoms with Gasteiger partial charge in [0.25, 0.3) is 5.91 Å². The Hall–Kier alpha value is -1.92. The molecule has 122 valence electrons. The monoisotopic (exact) mass is 445 g/mol. The number of nitrogens with one attached hydrogen (secondary N) is 1. The fourth-order valence-corrected chi connectivity index (χ4v) is 2.87. The molecule has 0 aliphatic rings. The molecule has 0 aliphatic heterocycles. The number of carbonyl (C=O) groups is 2. The van der Waals surface area contributed by atoms with Gasteiger partial charge in [0, 0.05) is 0 Å². The van der Waals surface area contributed by atoms with Crippen molar-refractivity contribution in [3.63, 3.8) is 0 Å². The van der Waals surface area contributed by atoms with Crippen LogP contribution in [0.3, 0.4) is 0 Å². The molecule has 0 fully saturated rings. The fourth-order valence-electron chi connectivity index (χ4n) is 1.42. The number of carbonyl (C=O) groups excluding carboxylic acids is 2. The van der Waals surface area contributed by atoms with Gasteiger partial charge < -0.3 is 9.47 Å². The molecule has 0 bridgehead atoms. The Morgan fingerprint density at radius 1 is 1.39 bits per heavy atom. The molecule has 0 spiro atoms. The molecule has 0 atom stereocenters. The Bertz CT molecular complexity index is 633. The summed E-state index contributed by atoms with van der Waals surface area (Å²) in [6, 6.07) is 5.12. The van der Waals surface area contributed by atoms with Crippen LogP contribution in [0.25, 0.3) is 0 Å². The predicted molar refractivity (Wildman–Crippen MR) is 89.9 cm³/mol. The first kappa shape index (κ1) is 19.1. The molecule has 7 nitrogen and oxygen atoms in total. The van der Waals surface area contributed by atoms with Gasteiger partial charge in [0.2, 0.25) is 0 Å². The lowest BCUT2D eigenvalue weighted by molar-refractivity contribution is -0.145. The third kappa shape index (κ3) is 6.80. The minimum absolute atomic E-state index is 0.206. The van der Waals surface area contributed by atoms with Crippen molar-refractivity contribution >= 4 is 50.0 Å². The Kier molecular flexibility index (Phi) is 8.29. The molecule has 9 heteroatoms. The molecule has 0 aliphatic carbocycles. The maximum absolute atomic E-state index is 11.3. The van der Waals surface area contributed by atoms with Crippen molar-refractivity contribution < 1.29 is 19.1 Å².